The Morgan fingerprint density at radius 1 is 1.22 bits per heavy atom. The second-order valence-corrected chi connectivity index (χ2v) is 9.58. The quantitative estimate of drug-likeness (QED) is 0.163. The summed E-state index contributed by atoms with van der Waals surface area (Å²) in [6.45, 7) is 5.91. The predicted molar refractivity (Wildman–Crippen MR) is 138 cm³/mol. The number of rotatable bonds is 11. The zero-order valence-corrected chi connectivity index (χ0v) is 21.5. The van der Waals surface area contributed by atoms with Crippen molar-refractivity contribution < 1.29 is 39.1 Å². The minimum absolute atomic E-state index is 0.0305. The van der Waals surface area contributed by atoms with E-state index in [2.05, 4.69) is 6.58 Å². The van der Waals surface area contributed by atoms with Gasteiger partial charge in [0.05, 0.1) is 5.02 Å². The van der Waals surface area contributed by atoms with E-state index in [1.807, 2.05) is 0 Å². The van der Waals surface area contributed by atoms with Gasteiger partial charge in [0.25, 0.3) is 6.47 Å². The van der Waals surface area contributed by atoms with Crippen molar-refractivity contribution in [1.82, 2.24) is 0 Å². The van der Waals surface area contributed by atoms with Crippen molar-refractivity contribution in [3.05, 3.63) is 76.3 Å². The minimum Gasteiger partial charge on any atom is -0.487 e. The molecule has 1 aliphatic rings. The van der Waals surface area contributed by atoms with Gasteiger partial charge in [-0.25, -0.2) is 4.79 Å². The van der Waals surface area contributed by atoms with Gasteiger partial charge in [-0.15, -0.1) is 0 Å². The highest BCUT2D eigenvalue weighted by Crippen LogP contribution is 2.49. The number of carbonyl (C=O) groups excluding carboxylic acids is 1. The van der Waals surface area contributed by atoms with Crippen molar-refractivity contribution in [1.29, 1.82) is 0 Å². The fourth-order valence-electron chi connectivity index (χ4n) is 4.64. The monoisotopic (exact) mass is 530 g/mol. The van der Waals surface area contributed by atoms with Gasteiger partial charge in [0.15, 0.2) is 0 Å². The number of hydrogen-bond acceptors (Lipinski definition) is 7. The zero-order chi connectivity index (χ0) is 27.2. The number of benzene rings is 2. The third kappa shape index (κ3) is 6.22. The van der Waals surface area contributed by atoms with Crippen LogP contribution in [0.5, 0.6) is 11.5 Å². The molecule has 3 unspecified atom stereocenters. The van der Waals surface area contributed by atoms with Gasteiger partial charge in [0.1, 0.15) is 23.7 Å². The van der Waals surface area contributed by atoms with E-state index >= 15 is 0 Å². The third-order valence-corrected chi connectivity index (χ3v) is 7.16. The first kappa shape index (κ1) is 28.4. The number of methoxy groups -OCH3 is 1. The molecule has 1 aliphatic carbocycles. The van der Waals surface area contributed by atoms with Crippen molar-refractivity contribution >= 4 is 30.1 Å². The molecule has 0 spiro atoms. The number of halogens is 1. The van der Waals surface area contributed by atoms with Gasteiger partial charge in [0.2, 0.25) is 5.79 Å². The van der Waals surface area contributed by atoms with Gasteiger partial charge in [-0.05, 0) is 62.3 Å². The Kier molecular flexibility index (Phi) is 9.15. The summed E-state index contributed by atoms with van der Waals surface area (Å²) >= 11 is 6.76. The molecule has 0 heterocycles. The molecule has 0 radical (unpaired) electrons. The van der Waals surface area contributed by atoms with E-state index in [-0.39, 0.29) is 28.9 Å². The molecule has 1 saturated carbocycles. The van der Waals surface area contributed by atoms with Crippen LogP contribution in [-0.4, -0.2) is 40.5 Å². The number of aliphatic hydroxyl groups is 2. The fourth-order valence-corrected chi connectivity index (χ4v) is 5.00. The Labute approximate surface area is 220 Å². The van der Waals surface area contributed by atoms with E-state index in [1.54, 1.807) is 24.3 Å². The number of hydrogen-bond donors (Lipinski definition) is 3. The largest absolute Gasteiger partial charge is 0.487 e. The fraction of sp³-hybridized carbons (Fsp3) is 0.357. The highest BCUT2D eigenvalue weighted by atomic mass is 35.5. The van der Waals surface area contributed by atoms with E-state index in [4.69, 9.17) is 30.9 Å². The summed E-state index contributed by atoms with van der Waals surface area (Å²) in [5.41, 5.74) is 0.390. The Balaban J connectivity index is 2.02. The highest BCUT2D eigenvalue weighted by Gasteiger charge is 2.54. The van der Waals surface area contributed by atoms with Crippen molar-refractivity contribution in [2.24, 2.45) is 5.92 Å². The van der Waals surface area contributed by atoms with Crippen LogP contribution in [0.2, 0.25) is 5.02 Å². The van der Waals surface area contributed by atoms with Crippen LogP contribution in [0.25, 0.3) is 6.08 Å². The van der Waals surface area contributed by atoms with Gasteiger partial charge in [-0.2, -0.15) is 0 Å². The molecule has 0 aromatic heterocycles. The van der Waals surface area contributed by atoms with Gasteiger partial charge in [0, 0.05) is 24.3 Å². The number of carboxylic acids is 1. The van der Waals surface area contributed by atoms with Crippen LogP contribution < -0.4 is 9.47 Å². The SMILES string of the molecule is C=C1CCCC(C(C)(O)C(O)(OC)c2ccc(/C=C/C(=O)O)c(OCc3ccc(OC=O)cc3)c2Cl)C1. The summed E-state index contributed by atoms with van der Waals surface area (Å²) in [5, 5.41) is 32.4. The van der Waals surface area contributed by atoms with E-state index < -0.39 is 17.4 Å². The lowest BCUT2D eigenvalue weighted by molar-refractivity contribution is -0.310. The normalized spacial score (nSPS) is 19.2. The molecule has 2 aromatic carbocycles. The molecule has 0 aliphatic heterocycles. The van der Waals surface area contributed by atoms with Crippen molar-refractivity contribution in [2.75, 3.05) is 7.11 Å². The first-order chi connectivity index (χ1) is 17.5. The van der Waals surface area contributed by atoms with Crippen LogP contribution in [0.1, 0.15) is 49.3 Å². The van der Waals surface area contributed by atoms with Crippen LogP contribution in [0.4, 0.5) is 0 Å². The maximum absolute atomic E-state index is 11.7. The molecule has 3 atom stereocenters. The van der Waals surface area contributed by atoms with Gasteiger partial charge in [-0.1, -0.05) is 48.0 Å². The summed E-state index contributed by atoms with van der Waals surface area (Å²) < 4.78 is 16.3. The van der Waals surface area contributed by atoms with Crippen LogP contribution >= 0.6 is 11.6 Å². The highest BCUT2D eigenvalue weighted by molar-refractivity contribution is 6.33. The van der Waals surface area contributed by atoms with Gasteiger partial charge >= 0.3 is 5.97 Å². The summed E-state index contributed by atoms with van der Waals surface area (Å²) in [4.78, 5) is 21.7. The Morgan fingerprint density at radius 2 is 1.92 bits per heavy atom. The number of aliphatic carboxylic acids is 1. The molecular formula is C28H31ClO8. The van der Waals surface area contributed by atoms with Crippen LogP contribution in [-0.2, 0) is 26.7 Å². The molecule has 2 aromatic rings. The molecule has 37 heavy (non-hydrogen) atoms. The van der Waals surface area contributed by atoms with Crippen molar-refractivity contribution in [2.45, 2.75) is 50.6 Å². The van der Waals surface area contributed by atoms with Crippen LogP contribution in [0.15, 0.2) is 54.6 Å². The minimum atomic E-state index is -2.20. The lowest BCUT2D eigenvalue weighted by atomic mass is 9.70. The first-order valence-corrected chi connectivity index (χ1v) is 12.1. The molecule has 0 saturated heterocycles. The maximum Gasteiger partial charge on any atom is 0.328 e. The van der Waals surface area contributed by atoms with Crippen LogP contribution in [0.3, 0.4) is 0 Å². The van der Waals surface area contributed by atoms with E-state index in [1.165, 1.54) is 32.2 Å². The van der Waals surface area contributed by atoms with E-state index in [9.17, 15) is 19.8 Å². The second-order valence-electron chi connectivity index (χ2n) is 9.20. The number of allylic oxidation sites excluding steroid dienone is 1. The summed E-state index contributed by atoms with van der Waals surface area (Å²) in [7, 11) is 1.28. The second kappa shape index (κ2) is 11.9. The lowest BCUT2D eigenvalue weighted by Crippen LogP contribution is -2.56. The summed E-state index contributed by atoms with van der Waals surface area (Å²) in [5.74, 6) is -3.23. The van der Waals surface area contributed by atoms with Crippen molar-refractivity contribution in [3.63, 3.8) is 0 Å². The van der Waals surface area contributed by atoms with Gasteiger partial charge in [-0.3, -0.25) is 4.79 Å². The molecule has 3 rings (SSSR count). The zero-order valence-electron chi connectivity index (χ0n) is 20.8. The molecule has 3 N–H and O–H groups in total. The standard InChI is InChI=1S/C28H31ClO8/c1-18-5-4-6-21(15-18)27(2,33)28(34,35-3)23-13-9-20(10-14-24(31)32)26(25(23)29)36-16-19-7-11-22(12-8-19)37-17-30/h7-14,17,21,33-34H,1,4-6,15-16H2,2-3H3,(H,31,32)/b14-10+. The van der Waals surface area contributed by atoms with Crippen LogP contribution in [0, 0.1) is 5.92 Å². The number of ether oxygens (including phenoxy) is 3. The Hall–Kier alpha value is -3.17. The van der Waals surface area contributed by atoms with E-state index in [0.717, 1.165) is 24.5 Å². The smallest absolute Gasteiger partial charge is 0.328 e. The molecule has 0 amide bonds. The molecule has 8 nitrogen and oxygen atoms in total. The summed E-state index contributed by atoms with van der Waals surface area (Å²) in [6, 6.07) is 9.59. The average Bonchev–Trinajstić information content (AvgIpc) is 2.87. The molecule has 0 bridgehead atoms. The topological polar surface area (TPSA) is 123 Å². The lowest BCUT2D eigenvalue weighted by Gasteiger charge is -2.46. The molecule has 198 valence electrons. The number of carbonyl (C=O) groups is 2. The Morgan fingerprint density at radius 3 is 2.51 bits per heavy atom. The number of carboxylic acid groups (broad SMARTS) is 1. The van der Waals surface area contributed by atoms with E-state index in [0.29, 0.717) is 36.2 Å². The third-order valence-electron chi connectivity index (χ3n) is 6.78. The molecule has 1 fully saturated rings. The van der Waals surface area contributed by atoms with Crippen molar-refractivity contribution in [3.8, 4) is 11.5 Å². The summed E-state index contributed by atoms with van der Waals surface area (Å²) in [6.07, 6.45) is 5.16. The van der Waals surface area contributed by atoms with Gasteiger partial charge < -0.3 is 29.5 Å². The Bertz CT molecular complexity index is 1170. The maximum atomic E-state index is 11.7. The average molecular weight is 531 g/mol. The first-order valence-electron chi connectivity index (χ1n) is 11.8. The predicted octanol–water partition coefficient (Wildman–Crippen LogP) is 4.84. The molecule has 9 heteroatoms. The molecular weight excluding hydrogens is 500 g/mol.